The third kappa shape index (κ3) is 8.76. The van der Waals surface area contributed by atoms with Crippen molar-refractivity contribution in [3.05, 3.63) is 63.6 Å². The molecule has 10 heteroatoms. The molecule has 3 rings (SSSR count). The Bertz CT molecular complexity index is 1120. The van der Waals surface area contributed by atoms with E-state index in [1.807, 2.05) is 4.90 Å². The number of hydrogen-bond donors (Lipinski definition) is 2. The lowest BCUT2D eigenvalue weighted by Crippen LogP contribution is -2.42. The fourth-order valence-electron chi connectivity index (χ4n) is 4.01. The van der Waals surface area contributed by atoms with Crippen LogP contribution in [0.4, 0.5) is 0 Å². The van der Waals surface area contributed by atoms with E-state index in [0.29, 0.717) is 32.0 Å². The maximum absolute atomic E-state index is 12.6. The molecule has 2 N–H and O–H groups in total. The number of ether oxygens (including phenoxy) is 1. The minimum absolute atomic E-state index is 0.0468. The van der Waals surface area contributed by atoms with Crippen LogP contribution in [-0.2, 0) is 16.0 Å². The molecule has 0 bridgehead atoms. The van der Waals surface area contributed by atoms with E-state index in [1.165, 1.54) is 12.1 Å². The zero-order valence-electron chi connectivity index (χ0n) is 20.7. The Labute approximate surface area is 226 Å². The number of carboxylic acid groups (broad SMARTS) is 1. The Morgan fingerprint density at radius 3 is 2.43 bits per heavy atom. The van der Waals surface area contributed by atoms with Crippen LogP contribution in [0.5, 0.6) is 5.75 Å². The molecule has 1 heterocycles. The van der Waals surface area contributed by atoms with Crippen LogP contribution in [0, 0.1) is 0 Å². The fourth-order valence-corrected chi connectivity index (χ4v) is 4.57. The molecule has 198 valence electrons. The van der Waals surface area contributed by atoms with Crippen LogP contribution in [-0.4, -0.2) is 65.8 Å². The van der Waals surface area contributed by atoms with Crippen molar-refractivity contribution in [1.82, 2.24) is 10.2 Å². The van der Waals surface area contributed by atoms with E-state index in [9.17, 15) is 19.5 Å². The average Bonchev–Trinajstić information content (AvgIpc) is 2.86. The van der Waals surface area contributed by atoms with E-state index in [0.717, 1.165) is 37.0 Å². The standard InChI is InChI=1S/C27H31Cl2N3O5/c1-18(33)32-14-13-30-20(17-32)6-3-2-4-15-37-21-11-9-19(10-12-21)16-24(27(35)36)31-26(34)25-22(28)7-5-8-23(25)29/h5,7-12,24H,2-4,6,13-17H2,1H3,(H,31,34)(H,35,36)/t24-/m0/s1. The highest BCUT2D eigenvalue weighted by atomic mass is 35.5. The van der Waals surface area contributed by atoms with E-state index >= 15 is 0 Å². The second-order valence-electron chi connectivity index (χ2n) is 8.86. The Morgan fingerprint density at radius 1 is 1.08 bits per heavy atom. The summed E-state index contributed by atoms with van der Waals surface area (Å²) in [5, 5.41) is 12.4. The van der Waals surface area contributed by atoms with Gasteiger partial charge in [0.15, 0.2) is 0 Å². The number of halogens is 2. The second-order valence-corrected chi connectivity index (χ2v) is 9.67. The molecule has 8 nitrogen and oxygen atoms in total. The summed E-state index contributed by atoms with van der Waals surface area (Å²) in [5.74, 6) is -1.02. The number of benzene rings is 2. The van der Waals surface area contributed by atoms with Gasteiger partial charge in [0.25, 0.3) is 5.91 Å². The maximum Gasteiger partial charge on any atom is 0.326 e. The molecule has 1 aliphatic rings. The molecule has 1 atom stereocenters. The van der Waals surface area contributed by atoms with E-state index in [2.05, 4.69) is 10.3 Å². The van der Waals surface area contributed by atoms with Gasteiger partial charge in [-0.2, -0.15) is 0 Å². The molecule has 0 saturated heterocycles. The van der Waals surface area contributed by atoms with E-state index in [-0.39, 0.29) is 27.9 Å². The van der Waals surface area contributed by atoms with Gasteiger partial charge >= 0.3 is 5.97 Å². The highest BCUT2D eigenvalue weighted by Gasteiger charge is 2.24. The molecular formula is C27H31Cl2N3O5. The highest BCUT2D eigenvalue weighted by Crippen LogP contribution is 2.24. The lowest BCUT2D eigenvalue weighted by molar-refractivity contribution is -0.139. The number of unbranched alkanes of at least 4 members (excludes halogenated alkanes) is 2. The van der Waals surface area contributed by atoms with E-state index < -0.39 is 17.9 Å². The molecular weight excluding hydrogens is 517 g/mol. The Hall–Kier alpha value is -3.10. The first-order chi connectivity index (χ1) is 17.7. The molecule has 0 fully saturated rings. The first-order valence-corrected chi connectivity index (χ1v) is 13.0. The number of aliphatic carboxylic acids is 1. The largest absolute Gasteiger partial charge is 0.494 e. The third-order valence-corrected chi connectivity index (χ3v) is 6.69. The monoisotopic (exact) mass is 547 g/mol. The Kier molecular flexibility index (Phi) is 10.8. The number of nitrogens with one attached hydrogen (secondary N) is 1. The van der Waals surface area contributed by atoms with Crippen LogP contribution in [0.3, 0.4) is 0 Å². The zero-order chi connectivity index (χ0) is 26.8. The van der Waals surface area contributed by atoms with Crippen LogP contribution < -0.4 is 10.1 Å². The third-order valence-electron chi connectivity index (χ3n) is 6.06. The molecule has 2 amide bonds. The molecule has 2 aromatic carbocycles. The number of carboxylic acids is 1. The highest BCUT2D eigenvalue weighted by molar-refractivity contribution is 6.39. The van der Waals surface area contributed by atoms with Gasteiger partial charge < -0.3 is 20.1 Å². The van der Waals surface area contributed by atoms with E-state index in [4.69, 9.17) is 27.9 Å². The van der Waals surface area contributed by atoms with Gasteiger partial charge in [-0.25, -0.2) is 4.79 Å². The van der Waals surface area contributed by atoms with Gasteiger partial charge in [-0.15, -0.1) is 0 Å². The lowest BCUT2D eigenvalue weighted by Gasteiger charge is -2.25. The number of rotatable bonds is 12. The molecule has 0 spiro atoms. The zero-order valence-corrected chi connectivity index (χ0v) is 22.2. The van der Waals surface area contributed by atoms with Gasteiger partial charge in [0.05, 0.1) is 35.3 Å². The first kappa shape index (κ1) is 28.5. The number of aliphatic imine (C=N–C) groups is 1. The maximum atomic E-state index is 12.6. The summed E-state index contributed by atoms with van der Waals surface area (Å²) in [6.45, 7) is 4.18. The molecule has 0 aliphatic carbocycles. The minimum atomic E-state index is -1.16. The normalized spacial score (nSPS) is 14.0. The second kappa shape index (κ2) is 14.0. The predicted octanol–water partition coefficient (Wildman–Crippen LogP) is 4.66. The number of nitrogens with zero attached hydrogens (tertiary/aromatic N) is 2. The quantitative estimate of drug-likeness (QED) is 0.375. The predicted molar refractivity (Wildman–Crippen MR) is 144 cm³/mol. The minimum Gasteiger partial charge on any atom is -0.494 e. The fraction of sp³-hybridized carbons (Fsp3) is 0.407. The molecule has 1 aliphatic heterocycles. The van der Waals surface area contributed by atoms with Gasteiger partial charge in [-0.1, -0.05) is 41.4 Å². The van der Waals surface area contributed by atoms with Crippen LogP contribution in [0.25, 0.3) is 0 Å². The summed E-state index contributed by atoms with van der Waals surface area (Å²) in [6.07, 6.45) is 3.86. The van der Waals surface area contributed by atoms with Crippen molar-refractivity contribution in [2.75, 3.05) is 26.2 Å². The SMILES string of the molecule is CC(=O)N1CCN=C(CCCCCOc2ccc(C[C@H](NC(=O)c3c(Cl)cccc3Cl)C(=O)O)cc2)C1. The Morgan fingerprint density at radius 2 is 1.78 bits per heavy atom. The number of carbonyl (C=O) groups excluding carboxylic acids is 2. The van der Waals surface area contributed by atoms with Crippen molar-refractivity contribution < 1.29 is 24.2 Å². The van der Waals surface area contributed by atoms with Gasteiger partial charge in [0, 0.05) is 25.6 Å². The van der Waals surface area contributed by atoms with Crippen molar-refractivity contribution in [3.8, 4) is 5.75 Å². The van der Waals surface area contributed by atoms with E-state index in [1.54, 1.807) is 37.3 Å². The van der Waals surface area contributed by atoms with Gasteiger partial charge in [-0.05, 0) is 55.5 Å². The molecule has 37 heavy (non-hydrogen) atoms. The lowest BCUT2D eigenvalue weighted by atomic mass is 10.1. The van der Waals surface area contributed by atoms with Crippen molar-refractivity contribution in [1.29, 1.82) is 0 Å². The van der Waals surface area contributed by atoms with Crippen molar-refractivity contribution in [2.45, 2.75) is 45.1 Å². The topological polar surface area (TPSA) is 108 Å². The number of hydrogen-bond acceptors (Lipinski definition) is 5. The summed E-state index contributed by atoms with van der Waals surface area (Å²) in [6, 6.07) is 10.6. The van der Waals surface area contributed by atoms with Crippen LogP contribution in [0.2, 0.25) is 10.0 Å². The summed E-state index contributed by atoms with van der Waals surface area (Å²) >= 11 is 12.1. The molecule has 0 radical (unpaired) electrons. The van der Waals surface area contributed by atoms with Gasteiger partial charge in [0.2, 0.25) is 5.91 Å². The summed E-state index contributed by atoms with van der Waals surface area (Å²) in [5.41, 5.74) is 1.87. The Balaban J connectivity index is 1.41. The first-order valence-electron chi connectivity index (χ1n) is 12.2. The van der Waals surface area contributed by atoms with Crippen LogP contribution in [0.1, 0.15) is 48.5 Å². The average molecular weight is 548 g/mol. The van der Waals surface area contributed by atoms with Crippen molar-refractivity contribution >= 4 is 46.7 Å². The smallest absolute Gasteiger partial charge is 0.326 e. The van der Waals surface area contributed by atoms with Gasteiger partial charge in [-0.3, -0.25) is 14.6 Å². The number of amides is 2. The molecule has 2 aromatic rings. The van der Waals surface area contributed by atoms with Gasteiger partial charge in [0.1, 0.15) is 11.8 Å². The van der Waals surface area contributed by atoms with Crippen molar-refractivity contribution in [3.63, 3.8) is 0 Å². The van der Waals surface area contributed by atoms with Crippen molar-refractivity contribution in [2.24, 2.45) is 4.99 Å². The van der Waals surface area contributed by atoms with Crippen LogP contribution in [0.15, 0.2) is 47.5 Å². The summed E-state index contributed by atoms with van der Waals surface area (Å²) < 4.78 is 5.80. The molecule has 0 aromatic heterocycles. The summed E-state index contributed by atoms with van der Waals surface area (Å²) in [4.78, 5) is 42.2. The summed E-state index contributed by atoms with van der Waals surface area (Å²) in [7, 11) is 0. The number of carbonyl (C=O) groups is 3. The van der Waals surface area contributed by atoms with Crippen LogP contribution >= 0.6 is 23.2 Å². The molecule has 0 unspecified atom stereocenters. The molecule has 0 saturated carbocycles.